The molecule has 1 fully saturated rings. The van der Waals surface area contributed by atoms with Crippen molar-refractivity contribution in [1.29, 1.82) is 0 Å². The Balaban J connectivity index is 1.28. The number of nitrogens with zero attached hydrogens (tertiary/aromatic N) is 4. The minimum absolute atomic E-state index is 0.239. The van der Waals surface area contributed by atoms with Gasteiger partial charge in [-0.2, -0.15) is 13.1 Å². The van der Waals surface area contributed by atoms with Crippen LogP contribution < -0.4 is 9.47 Å². The van der Waals surface area contributed by atoms with E-state index in [0.29, 0.717) is 37.2 Å². The molecule has 2 aliphatic heterocycles. The third-order valence-corrected chi connectivity index (χ3v) is 7.51. The van der Waals surface area contributed by atoms with E-state index in [1.807, 2.05) is 18.2 Å². The molecular formula is C18H18N4O4S2. The minimum atomic E-state index is -3.59. The van der Waals surface area contributed by atoms with Crippen molar-refractivity contribution in [3.63, 3.8) is 0 Å². The maximum absolute atomic E-state index is 13.1. The van der Waals surface area contributed by atoms with Gasteiger partial charge in [-0.3, -0.25) is 4.90 Å². The summed E-state index contributed by atoms with van der Waals surface area (Å²) >= 11 is 1.03. The smallest absolute Gasteiger partial charge is 0.245 e. The van der Waals surface area contributed by atoms with Gasteiger partial charge >= 0.3 is 0 Å². The maximum Gasteiger partial charge on any atom is 0.245 e. The molecule has 0 N–H and O–H groups in total. The maximum atomic E-state index is 13.1. The van der Waals surface area contributed by atoms with Gasteiger partial charge in [0.05, 0.1) is 11.7 Å². The van der Waals surface area contributed by atoms with Gasteiger partial charge in [-0.05, 0) is 29.8 Å². The summed E-state index contributed by atoms with van der Waals surface area (Å²) in [4.78, 5) is 2.48. The Morgan fingerprint density at radius 3 is 2.68 bits per heavy atom. The molecule has 0 radical (unpaired) electrons. The number of piperazine rings is 1. The van der Waals surface area contributed by atoms with E-state index in [2.05, 4.69) is 13.6 Å². The zero-order valence-corrected chi connectivity index (χ0v) is 16.6. The summed E-state index contributed by atoms with van der Waals surface area (Å²) in [5.41, 5.74) is 2.20. The van der Waals surface area contributed by atoms with Crippen LogP contribution in [0, 0.1) is 0 Å². The average Bonchev–Trinajstić information content (AvgIpc) is 3.37. The van der Waals surface area contributed by atoms with Gasteiger partial charge in [0.15, 0.2) is 11.5 Å². The third kappa shape index (κ3) is 3.12. The number of benzene rings is 2. The molecule has 2 aliphatic rings. The second-order valence-corrected chi connectivity index (χ2v) is 9.19. The molecule has 0 aliphatic carbocycles. The molecule has 2 aromatic carbocycles. The van der Waals surface area contributed by atoms with Crippen LogP contribution in [-0.2, 0) is 16.6 Å². The van der Waals surface area contributed by atoms with Crippen LogP contribution in [0.1, 0.15) is 5.56 Å². The van der Waals surface area contributed by atoms with Gasteiger partial charge in [-0.25, -0.2) is 8.42 Å². The molecule has 10 heteroatoms. The number of aromatic nitrogens is 2. The molecule has 0 unspecified atom stereocenters. The number of rotatable bonds is 4. The molecule has 0 amide bonds. The Morgan fingerprint density at radius 1 is 1.00 bits per heavy atom. The van der Waals surface area contributed by atoms with Gasteiger partial charge in [0.1, 0.15) is 15.9 Å². The lowest BCUT2D eigenvalue weighted by atomic mass is 10.2. The molecule has 0 atom stereocenters. The number of sulfonamides is 1. The highest BCUT2D eigenvalue weighted by molar-refractivity contribution is 7.89. The molecule has 8 nitrogen and oxygen atoms in total. The largest absolute Gasteiger partial charge is 0.454 e. The lowest BCUT2D eigenvalue weighted by Gasteiger charge is -2.34. The zero-order chi connectivity index (χ0) is 19.1. The Bertz CT molecular complexity index is 1120. The fraction of sp³-hybridized carbons (Fsp3) is 0.333. The molecule has 1 aromatic heterocycles. The van der Waals surface area contributed by atoms with Crippen molar-refractivity contribution < 1.29 is 17.9 Å². The van der Waals surface area contributed by atoms with Gasteiger partial charge < -0.3 is 9.47 Å². The topological polar surface area (TPSA) is 84.9 Å². The highest BCUT2D eigenvalue weighted by Crippen LogP contribution is 2.33. The molecule has 146 valence electrons. The van der Waals surface area contributed by atoms with Crippen LogP contribution in [0.5, 0.6) is 11.5 Å². The lowest BCUT2D eigenvalue weighted by Crippen LogP contribution is -2.48. The van der Waals surface area contributed by atoms with Crippen molar-refractivity contribution in [2.45, 2.75) is 11.4 Å². The van der Waals surface area contributed by atoms with E-state index in [1.165, 1.54) is 4.31 Å². The fourth-order valence-electron chi connectivity index (χ4n) is 3.55. The van der Waals surface area contributed by atoms with Crippen LogP contribution in [0.15, 0.2) is 41.3 Å². The Hall–Kier alpha value is -2.27. The van der Waals surface area contributed by atoms with Crippen molar-refractivity contribution in [3.8, 4) is 11.5 Å². The quantitative estimate of drug-likeness (QED) is 0.640. The molecule has 5 rings (SSSR count). The third-order valence-electron chi connectivity index (χ3n) is 5.04. The first kappa shape index (κ1) is 17.8. The fourth-order valence-corrected chi connectivity index (χ4v) is 5.73. The summed E-state index contributed by atoms with van der Waals surface area (Å²) in [5.74, 6) is 1.54. The van der Waals surface area contributed by atoms with Crippen molar-refractivity contribution in [2.75, 3.05) is 33.0 Å². The first-order valence-corrected chi connectivity index (χ1v) is 11.1. The summed E-state index contributed by atoms with van der Waals surface area (Å²) < 4.78 is 46.8. The normalized spacial score (nSPS) is 18.0. The van der Waals surface area contributed by atoms with E-state index < -0.39 is 10.0 Å². The number of ether oxygens (including phenoxy) is 2. The zero-order valence-electron chi connectivity index (χ0n) is 14.9. The average molecular weight is 419 g/mol. The predicted molar refractivity (Wildman–Crippen MR) is 104 cm³/mol. The number of hydrogen-bond donors (Lipinski definition) is 0. The van der Waals surface area contributed by atoms with E-state index >= 15 is 0 Å². The highest BCUT2D eigenvalue weighted by Gasteiger charge is 2.30. The van der Waals surface area contributed by atoms with Gasteiger partial charge in [0.25, 0.3) is 0 Å². The molecule has 0 bridgehead atoms. The van der Waals surface area contributed by atoms with Gasteiger partial charge in [0.2, 0.25) is 16.8 Å². The molecule has 1 saturated heterocycles. The number of hydrogen-bond acceptors (Lipinski definition) is 8. The van der Waals surface area contributed by atoms with Gasteiger partial charge in [-0.15, -0.1) is 0 Å². The van der Waals surface area contributed by atoms with Crippen LogP contribution in [0.2, 0.25) is 0 Å². The summed E-state index contributed by atoms with van der Waals surface area (Å²) in [7, 11) is -3.59. The summed E-state index contributed by atoms with van der Waals surface area (Å²) in [6, 6.07) is 11.0. The van der Waals surface area contributed by atoms with Crippen molar-refractivity contribution in [3.05, 3.63) is 42.0 Å². The van der Waals surface area contributed by atoms with E-state index in [-0.39, 0.29) is 11.7 Å². The Morgan fingerprint density at radius 2 is 1.82 bits per heavy atom. The van der Waals surface area contributed by atoms with Gasteiger partial charge in [-0.1, -0.05) is 12.1 Å². The lowest BCUT2D eigenvalue weighted by molar-refractivity contribution is 0.173. The minimum Gasteiger partial charge on any atom is -0.454 e. The van der Waals surface area contributed by atoms with Crippen LogP contribution in [-0.4, -0.2) is 59.3 Å². The van der Waals surface area contributed by atoms with E-state index in [9.17, 15) is 8.42 Å². The molecular weight excluding hydrogens is 400 g/mol. The first-order valence-electron chi connectivity index (χ1n) is 8.93. The summed E-state index contributed by atoms with van der Waals surface area (Å²) in [6.45, 7) is 3.23. The monoisotopic (exact) mass is 418 g/mol. The van der Waals surface area contributed by atoms with Crippen molar-refractivity contribution >= 4 is 32.8 Å². The Kier molecular flexibility index (Phi) is 4.43. The molecule has 28 heavy (non-hydrogen) atoms. The number of fused-ring (bicyclic) bond motifs is 2. The van der Waals surface area contributed by atoms with Crippen molar-refractivity contribution in [1.82, 2.24) is 18.0 Å². The first-order chi connectivity index (χ1) is 13.6. The van der Waals surface area contributed by atoms with E-state index in [0.717, 1.165) is 35.3 Å². The highest BCUT2D eigenvalue weighted by atomic mass is 32.2. The van der Waals surface area contributed by atoms with Gasteiger partial charge in [0, 0.05) is 32.7 Å². The van der Waals surface area contributed by atoms with Crippen LogP contribution in [0.3, 0.4) is 0 Å². The molecule has 3 heterocycles. The molecule has 3 aromatic rings. The van der Waals surface area contributed by atoms with E-state index in [4.69, 9.17) is 9.47 Å². The summed E-state index contributed by atoms with van der Waals surface area (Å²) in [5, 5.41) is 0. The molecule has 0 spiro atoms. The summed E-state index contributed by atoms with van der Waals surface area (Å²) in [6.07, 6.45) is 0. The standard InChI is InChI=1S/C18H18N4O4S2/c23-28(24,17-3-1-2-14-18(17)20-27-19-14)22-8-6-21(7-9-22)11-13-4-5-15-16(10-13)26-12-25-15/h1-5,10H,6-9,11-12H2. The van der Waals surface area contributed by atoms with Crippen molar-refractivity contribution in [2.24, 2.45) is 0 Å². The molecule has 0 saturated carbocycles. The second kappa shape index (κ2) is 6.96. The Labute approximate surface area is 166 Å². The second-order valence-electron chi connectivity index (χ2n) is 6.76. The van der Waals surface area contributed by atoms with Crippen LogP contribution in [0.25, 0.3) is 11.0 Å². The van der Waals surface area contributed by atoms with E-state index in [1.54, 1.807) is 18.2 Å². The SMILES string of the molecule is O=S(=O)(c1cccc2nsnc12)N1CCN(Cc2ccc3c(c2)OCO3)CC1. The van der Waals surface area contributed by atoms with Crippen LogP contribution >= 0.6 is 11.7 Å². The predicted octanol–water partition coefficient (Wildman–Crippen LogP) is 1.93. The van der Waals surface area contributed by atoms with Crippen LogP contribution in [0.4, 0.5) is 0 Å².